The van der Waals surface area contributed by atoms with Crippen LogP contribution in [0.5, 0.6) is 5.75 Å². The molecule has 0 amide bonds. The molecule has 0 radical (unpaired) electrons. The number of hydrogen-bond donors (Lipinski definition) is 1. The van der Waals surface area contributed by atoms with Crippen LogP contribution in [0.1, 0.15) is 22.5 Å². The third kappa shape index (κ3) is 5.65. The van der Waals surface area contributed by atoms with Crippen molar-refractivity contribution in [3.8, 4) is 5.75 Å². The highest BCUT2D eigenvalue weighted by Crippen LogP contribution is 2.19. The third-order valence-electron chi connectivity index (χ3n) is 6.09. The van der Waals surface area contributed by atoms with Gasteiger partial charge in [0.05, 0.1) is 24.6 Å². The number of aryl methyl sites for hydroxylation is 1. The Morgan fingerprint density at radius 2 is 1.74 bits per heavy atom. The van der Waals surface area contributed by atoms with E-state index >= 15 is 0 Å². The van der Waals surface area contributed by atoms with Crippen molar-refractivity contribution in [1.82, 2.24) is 19.7 Å². The van der Waals surface area contributed by atoms with Crippen LogP contribution >= 0.6 is 0 Å². The van der Waals surface area contributed by atoms with Crippen LogP contribution in [0, 0.1) is 0 Å². The second-order valence-electron chi connectivity index (χ2n) is 8.53. The molecule has 1 fully saturated rings. The van der Waals surface area contributed by atoms with Crippen LogP contribution in [0.4, 0.5) is 0 Å². The second-order valence-corrected chi connectivity index (χ2v) is 8.53. The SMILES string of the molecule is Cn1ccc2ccc(C=Cc3cc(C=Cc4ccc(OCCN5CCOCC5)cc4)n[nH]3)cc21. The number of fused-ring (bicyclic) bond motifs is 1. The summed E-state index contributed by atoms with van der Waals surface area (Å²) in [7, 11) is 2.07. The molecule has 1 saturated heterocycles. The Bertz CT molecular complexity index is 1280. The number of hydrogen-bond acceptors (Lipinski definition) is 4. The fourth-order valence-electron chi connectivity index (χ4n) is 4.07. The summed E-state index contributed by atoms with van der Waals surface area (Å²) in [6.45, 7) is 5.24. The van der Waals surface area contributed by atoms with Gasteiger partial charge in [-0.3, -0.25) is 10.00 Å². The normalized spacial score (nSPS) is 15.1. The monoisotopic (exact) mass is 454 g/mol. The van der Waals surface area contributed by atoms with Crippen molar-refractivity contribution in [2.24, 2.45) is 7.05 Å². The summed E-state index contributed by atoms with van der Waals surface area (Å²) in [6.07, 6.45) is 10.3. The van der Waals surface area contributed by atoms with Crippen molar-refractivity contribution in [2.75, 3.05) is 39.5 Å². The van der Waals surface area contributed by atoms with E-state index < -0.39 is 0 Å². The van der Waals surface area contributed by atoms with Crippen molar-refractivity contribution in [3.05, 3.63) is 83.3 Å². The van der Waals surface area contributed by atoms with Crippen molar-refractivity contribution in [3.63, 3.8) is 0 Å². The molecule has 1 aliphatic rings. The maximum absolute atomic E-state index is 5.89. The molecule has 0 atom stereocenters. The van der Waals surface area contributed by atoms with E-state index in [-0.39, 0.29) is 0 Å². The fourth-order valence-corrected chi connectivity index (χ4v) is 4.07. The molecule has 0 unspecified atom stereocenters. The van der Waals surface area contributed by atoms with Crippen LogP contribution in [-0.4, -0.2) is 59.1 Å². The largest absolute Gasteiger partial charge is 0.492 e. The van der Waals surface area contributed by atoms with Crippen molar-refractivity contribution in [2.45, 2.75) is 0 Å². The van der Waals surface area contributed by atoms with E-state index in [1.54, 1.807) is 0 Å². The number of rotatable bonds is 8. The predicted octanol–water partition coefficient (Wildman–Crippen LogP) is 4.95. The van der Waals surface area contributed by atoms with Crippen molar-refractivity contribution in [1.29, 1.82) is 0 Å². The highest BCUT2D eigenvalue weighted by atomic mass is 16.5. The van der Waals surface area contributed by atoms with Crippen LogP contribution in [0.2, 0.25) is 0 Å². The summed E-state index contributed by atoms with van der Waals surface area (Å²) in [5, 5.41) is 8.74. The zero-order valence-electron chi connectivity index (χ0n) is 19.5. The first-order valence-electron chi connectivity index (χ1n) is 11.7. The molecule has 1 aliphatic heterocycles. The second kappa shape index (κ2) is 10.5. The third-order valence-corrected chi connectivity index (χ3v) is 6.09. The van der Waals surface area contributed by atoms with E-state index in [0.717, 1.165) is 61.1 Å². The minimum Gasteiger partial charge on any atom is -0.492 e. The number of ether oxygens (including phenoxy) is 2. The highest BCUT2D eigenvalue weighted by Gasteiger charge is 2.09. The summed E-state index contributed by atoms with van der Waals surface area (Å²) in [5.74, 6) is 0.895. The Morgan fingerprint density at radius 1 is 0.941 bits per heavy atom. The number of benzene rings is 2. The lowest BCUT2D eigenvalue weighted by atomic mass is 10.1. The van der Waals surface area contributed by atoms with Gasteiger partial charge in [-0.25, -0.2) is 0 Å². The quantitative estimate of drug-likeness (QED) is 0.409. The maximum atomic E-state index is 5.89. The van der Waals surface area contributed by atoms with Gasteiger partial charge in [0.15, 0.2) is 0 Å². The van der Waals surface area contributed by atoms with Crippen LogP contribution in [-0.2, 0) is 11.8 Å². The molecular formula is C28H30N4O2. The molecule has 0 spiro atoms. The number of morpholine rings is 1. The molecule has 4 aromatic rings. The van der Waals surface area contributed by atoms with Crippen LogP contribution < -0.4 is 4.74 Å². The molecule has 1 N–H and O–H groups in total. The first kappa shape index (κ1) is 22.2. The van der Waals surface area contributed by atoms with Crippen LogP contribution in [0.15, 0.2) is 60.8 Å². The van der Waals surface area contributed by atoms with Gasteiger partial charge in [-0.2, -0.15) is 5.10 Å². The van der Waals surface area contributed by atoms with Crippen molar-refractivity contribution >= 4 is 35.2 Å². The van der Waals surface area contributed by atoms with Gasteiger partial charge in [0.1, 0.15) is 12.4 Å². The Morgan fingerprint density at radius 3 is 2.59 bits per heavy atom. The van der Waals surface area contributed by atoms with Gasteiger partial charge in [-0.1, -0.05) is 36.4 Å². The Labute approximate surface area is 200 Å². The number of nitrogens with zero attached hydrogens (tertiary/aromatic N) is 3. The highest BCUT2D eigenvalue weighted by molar-refractivity contribution is 5.84. The molecule has 174 valence electrons. The number of H-pyrrole nitrogens is 1. The van der Waals surface area contributed by atoms with Gasteiger partial charge >= 0.3 is 0 Å². The molecular weight excluding hydrogens is 424 g/mol. The standard InChI is InChI=1S/C28H30N4O2/c1-31-13-12-24-7-2-23(20-28(24)31)4-9-26-21-25(29-30-26)8-3-22-5-10-27(11-6-22)34-19-16-32-14-17-33-18-15-32/h2-13,20-21H,14-19H2,1H3,(H,29,30). The van der Waals surface area contributed by atoms with Gasteiger partial charge in [0.2, 0.25) is 0 Å². The summed E-state index contributed by atoms with van der Waals surface area (Å²) in [6, 6.07) is 18.8. The zero-order chi connectivity index (χ0) is 23.2. The lowest BCUT2D eigenvalue weighted by molar-refractivity contribution is 0.0322. The van der Waals surface area contributed by atoms with Gasteiger partial charge in [0, 0.05) is 38.4 Å². The average Bonchev–Trinajstić information content (AvgIpc) is 3.49. The number of aromatic nitrogens is 3. The zero-order valence-corrected chi connectivity index (χ0v) is 19.5. The molecule has 6 heteroatoms. The first-order valence-corrected chi connectivity index (χ1v) is 11.7. The Hall–Kier alpha value is -3.61. The van der Waals surface area contributed by atoms with E-state index in [2.05, 4.69) is 87.5 Å². The van der Waals surface area contributed by atoms with Gasteiger partial charge < -0.3 is 14.0 Å². The minimum atomic E-state index is 0.692. The van der Waals surface area contributed by atoms with Gasteiger partial charge in [-0.05, 0) is 59.0 Å². The minimum absolute atomic E-state index is 0.692. The molecule has 2 aromatic carbocycles. The summed E-state index contributed by atoms with van der Waals surface area (Å²) in [5.41, 5.74) is 5.35. The van der Waals surface area contributed by atoms with Gasteiger partial charge in [0.25, 0.3) is 0 Å². The van der Waals surface area contributed by atoms with Crippen molar-refractivity contribution < 1.29 is 9.47 Å². The molecule has 0 aliphatic carbocycles. The van der Waals surface area contributed by atoms with E-state index in [9.17, 15) is 0 Å². The number of nitrogens with one attached hydrogen (secondary N) is 1. The van der Waals surface area contributed by atoms with E-state index in [4.69, 9.17) is 9.47 Å². The molecule has 6 nitrogen and oxygen atoms in total. The predicted molar refractivity (Wildman–Crippen MR) is 139 cm³/mol. The molecule has 0 saturated carbocycles. The fraction of sp³-hybridized carbons (Fsp3) is 0.250. The van der Waals surface area contributed by atoms with Gasteiger partial charge in [-0.15, -0.1) is 0 Å². The molecule has 0 bridgehead atoms. The summed E-state index contributed by atoms with van der Waals surface area (Å²) >= 11 is 0. The molecule has 5 rings (SSSR count). The topological polar surface area (TPSA) is 55.3 Å². The molecule has 3 heterocycles. The lowest BCUT2D eigenvalue weighted by Crippen LogP contribution is -2.38. The Balaban J connectivity index is 1.14. The lowest BCUT2D eigenvalue weighted by Gasteiger charge is -2.26. The smallest absolute Gasteiger partial charge is 0.119 e. The average molecular weight is 455 g/mol. The van der Waals surface area contributed by atoms with Crippen LogP contribution in [0.25, 0.3) is 35.2 Å². The molecule has 2 aromatic heterocycles. The van der Waals surface area contributed by atoms with Crippen LogP contribution in [0.3, 0.4) is 0 Å². The van der Waals surface area contributed by atoms with E-state index in [1.807, 2.05) is 24.3 Å². The van der Waals surface area contributed by atoms with E-state index in [1.165, 1.54) is 10.9 Å². The number of aromatic amines is 1. The molecule has 34 heavy (non-hydrogen) atoms. The summed E-state index contributed by atoms with van der Waals surface area (Å²) in [4.78, 5) is 2.37. The maximum Gasteiger partial charge on any atom is 0.119 e. The Kier molecular flexibility index (Phi) is 6.89. The first-order chi connectivity index (χ1) is 16.7. The summed E-state index contributed by atoms with van der Waals surface area (Å²) < 4.78 is 13.4. The van der Waals surface area contributed by atoms with E-state index in [0.29, 0.717) is 6.61 Å².